The molecule has 3 rings (SSSR count). The fourth-order valence-electron chi connectivity index (χ4n) is 4.38. The van der Waals surface area contributed by atoms with E-state index in [0.29, 0.717) is 29.9 Å². The second kappa shape index (κ2) is 12.6. The van der Waals surface area contributed by atoms with Gasteiger partial charge in [-0.2, -0.15) is 0 Å². The number of esters is 1. The van der Waals surface area contributed by atoms with Crippen molar-refractivity contribution in [3.63, 3.8) is 0 Å². The Balaban J connectivity index is 1.65. The molecule has 0 spiro atoms. The van der Waals surface area contributed by atoms with Gasteiger partial charge in [-0.1, -0.05) is 60.0 Å². The van der Waals surface area contributed by atoms with E-state index in [9.17, 15) is 18.0 Å². The first kappa shape index (κ1) is 29.4. The van der Waals surface area contributed by atoms with Crippen molar-refractivity contribution in [2.75, 3.05) is 24.4 Å². The molecule has 11 heteroatoms. The van der Waals surface area contributed by atoms with E-state index in [1.807, 2.05) is 0 Å². The molecule has 0 radical (unpaired) electrons. The first-order chi connectivity index (χ1) is 17.4. The molecule has 1 saturated carbocycles. The predicted molar refractivity (Wildman–Crippen MR) is 151 cm³/mol. The number of amides is 1. The van der Waals surface area contributed by atoms with Gasteiger partial charge < -0.3 is 15.4 Å². The summed E-state index contributed by atoms with van der Waals surface area (Å²) in [6.07, 6.45) is 5.46. The van der Waals surface area contributed by atoms with Gasteiger partial charge in [0, 0.05) is 29.5 Å². The second-order valence-electron chi connectivity index (χ2n) is 9.37. The molecule has 0 aromatic heterocycles. The third-order valence-corrected chi connectivity index (χ3v) is 8.81. The Hall–Kier alpha value is -2.20. The first-order valence-electron chi connectivity index (χ1n) is 11.8. The van der Waals surface area contributed by atoms with Crippen LogP contribution in [-0.4, -0.2) is 50.4 Å². The second-order valence-corrected chi connectivity index (χ2v) is 12.9. The quantitative estimate of drug-likeness (QED) is 0.275. The number of carbonyl (C=O) groups excluding carboxylic acids is 2. The van der Waals surface area contributed by atoms with Crippen LogP contribution in [0, 0.1) is 5.41 Å². The fourth-order valence-corrected chi connectivity index (χ4v) is 6.07. The first-order valence-corrected chi connectivity index (χ1v) is 15.1. The molecule has 0 aliphatic heterocycles. The van der Waals surface area contributed by atoms with Crippen molar-refractivity contribution in [3.05, 3.63) is 63.6 Å². The van der Waals surface area contributed by atoms with Crippen LogP contribution in [0.1, 0.15) is 48.0 Å². The molecule has 1 atom stereocenters. The van der Waals surface area contributed by atoms with Crippen LogP contribution in [0.4, 0.5) is 5.69 Å². The molecule has 2 aromatic carbocycles. The molecule has 1 aliphatic rings. The molecule has 7 nitrogen and oxygen atoms in total. The average molecular weight is 586 g/mol. The minimum Gasteiger partial charge on any atom is -0.467 e. The van der Waals surface area contributed by atoms with Gasteiger partial charge in [-0.3, -0.25) is 4.79 Å². The Kier molecular flexibility index (Phi) is 9.97. The zero-order chi connectivity index (χ0) is 27.2. The highest BCUT2D eigenvalue weighted by molar-refractivity contribution is 7.90. The van der Waals surface area contributed by atoms with E-state index >= 15 is 0 Å². The van der Waals surface area contributed by atoms with Crippen molar-refractivity contribution >= 4 is 67.8 Å². The van der Waals surface area contributed by atoms with E-state index in [-0.39, 0.29) is 26.8 Å². The minimum absolute atomic E-state index is 0.114. The summed E-state index contributed by atoms with van der Waals surface area (Å²) in [5.41, 5.74) is 1.28. The number of carbonyl (C=O) groups is 2. The summed E-state index contributed by atoms with van der Waals surface area (Å²) in [4.78, 5) is 25.8. The highest BCUT2D eigenvalue weighted by Crippen LogP contribution is 2.46. The standard InChI is InChI=1S/C26H30Cl2N2O5S2/c1-35-24(32)21(30-25(36)26(12-4-13-26)14-5-15-37(2,33)34)16-17-8-10-18(11-9-17)29-23(31)22-19(27)6-3-7-20(22)28/h3,6-11,21H,4-5,12-16H2,1-2H3,(H,29,31)(H,30,36)/t21-/m0/s1. The van der Waals surface area contributed by atoms with Crippen molar-refractivity contribution in [1.29, 1.82) is 0 Å². The number of methoxy groups -OCH3 is 1. The number of sulfone groups is 1. The van der Waals surface area contributed by atoms with Crippen LogP contribution in [0.5, 0.6) is 0 Å². The van der Waals surface area contributed by atoms with Gasteiger partial charge in [-0.05, 0) is 55.5 Å². The lowest BCUT2D eigenvalue weighted by molar-refractivity contribution is -0.142. The summed E-state index contributed by atoms with van der Waals surface area (Å²) in [5, 5.41) is 6.48. The van der Waals surface area contributed by atoms with Gasteiger partial charge in [-0.15, -0.1) is 0 Å². The Labute approximate surface area is 233 Å². The maximum Gasteiger partial charge on any atom is 0.328 e. The zero-order valence-electron chi connectivity index (χ0n) is 20.7. The van der Waals surface area contributed by atoms with E-state index in [1.165, 1.54) is 13.4 Å². The van der Waals surface area contributed by atoms with E-state index < -0.39 is 27.8 Å². The van der Waals surface area contributed by atoms with Crippen LogP contribution in [0.25, 0.3) is 0 Å². The van der Waals surface area contributed by atoms with Gasteiger partial charge in [-0.25, -0.2) is 13.2 Å². The van der Waals surface area contributed by atoms with Gasteiger partial charge >= 0.3 is 5.97 Å². The third kappa shape index (κ3) is 7.89. The number of rotatable bonds is 11. The van der Waals surface area contributed by atoms with Crippen molar-refractivity contribution in [3.8, 4) is 0 Å². The SMILES string of the molecule is COC(=O)[C@H](Cc1ccc(NC(=O)c2c(Cl)cccc2Cl)cc1)NC(=S)C1(CCCS(C)(=O)=O)CCC1. The van der Waals surface area contributed by atoms with Crippen LogP contribution in [0.2, 0.25) is 10.0 Å². The van der Waals surface area contributed by atoms with Crippen LogP contribution in [0.3, 0.4) is 0 Å². The van der Waals surface area contributed by atoms with E-state index in [4.69, 9.17) is 40.2 Å². The normalized spacial score (nSPS) is 15.2. The summed E-state index contributed by atoms with van der Waals surface area (Å²) < 4.78 is 28.1. The molecular formula is C26H30Cl2N2O5S2. The summed E-state index contributed by atoms with van der Waals surface area (Å²) in [6.45, 7) is 0. The van der Waals surface area contributed by atoms with Crippen molar-refractivity contribution in [2.24, 2.45) is 5.41 Å². The molecule has 37 heavy (non-hydrogen) atoms. The number of ether oxygens (including phenoxy) is 1. The number of halogens is 2. The highest BCUT2D eigenvalue weighted by atomic mass is 35.5. The Bertz CT molecular complexity index is 1240. The summed E-state index contributed by atoms with van der Waals surface area (Å²) >= 11 is 17.9. The maximum absolute atomic E-state index is 12.6. The van der Waals surface area contributed by atoms with Crippen LogP contribution in [0.15, 0.2) is 42.5 Å². The lowest BCUT2D eigenvalue weighted by Gasteiger charge is -2.43. The lowest BCUT2D eigenvalue weighted by atomic mass is 9.66. The number of anilines is 1. The van der Waals surface area contributed by atoms with Crippen LogP contribution < -0.4 is 10.6 Å². The molecule has 0 bridgehead atoms. The Morgan fingerprint density at radius 3 is 2.24 bits per heavy atom. The molecule has 2 N–H and O–H groups in total. The van der Waals surface area contributed by atoms with Gasteiger partial charge in [0.05, 0.1) is 27.7 Å². The van der Waals surface area contributed by atoms with Gasteiger partial charge in [0.2, 0.25) is 0 Å². The summed E-state index contributed by atoms with van der Waals surface area (Å²) in [5.74, 6) is -0.758. The molecule has 0 unspecified atom stereocenters. The minimum atomic E-state index is -3.05. The zero-order valence-corrected chi connectivity index (χ0v) is 23.8. The van der Waals surface area contributed by atoms with E-state index in [1.54, 1.807) is 42.5 Å². The van der Waals surface area contributed by atoms with E-state index in [0.717, 1.165) is 24.8 Å². The summed E-state index contributed by atoms with van der Waals surface area (Å²) in [6, 6.07) is 11.2. The molecule has 1 fully saturated rings. The molecule has 1 aliphatic carbocycles. The predicted octanol–water partition coefficient (Wildman–Crippen LogP) is 5.24. The molecule has 0 saturated heterocycles. The molecule has 2 aromatic rings. The molecule has 1 amide bonds. The summed E-state index contributed by atoms with van der Waals surface area (Å²) in [7, 11) is -1.72. The number of hydrogen-bond donors (Lipinski definition) is 2. The number of thiocarbonyl (C=S) groups is 1. The number of benzene rings is 2. The van der Waals surface area contributed by atoms with Gasteiger partial charge in [0.1, 0.15) is 15.9 Å². The molecule has 200 valence electrons. The smallest absolute Gasteiger partial charge is 0.328 e. The topological polar surface area (TPSA) is 102 Å². The van der Waals surface area contributed by atoms with Crippen LogP contribution >= 0.6 is 35.4 Å². The monoisotopic (exact) mass is 584 g/mol. The lowest BCUT2D eigenvalue weighted by Crippen LogP contribution is -2.51. The Morgan fingerprint density at radius 1 is 1.11 bits per heavy atom. The average Bonchev–Trinajstić information content (AvgIpc) is 2.80. The van der Waals surface area contributed by atoms with Gasteiger partial charge in [0.15, 0.2) is 0 Å². The van der Waals surface area contributed by atoms with Crippen LogP contribution in [-0.2, 0) is 25.8 Å². The van der Waals surface area contributed by atoms with Crippen molar-refractivity contribution < 1.29 is 22.7 Å². The van der Waals surface area contributed by atoms with Crippen molar-refractivity contribution in [2.45, 2.75) is 44.6 Å². The molecule has 0 heterocycles. The highest BCUT2D eigenvalue weighted by Gasteiger charge is 2.42. The maximum atomic E-state index is 12.6. The molecular weight excluding hydrogens is 555 g/mol. The van der Waals surface area contributed by atoms with E-state index in [2.05, 4.69) is 10.6 Å². The largest absolute Gasteiger partial charge is 0.467 e. The Morgan fingerprint density at radius 2 is 1.73 bits per heavy atom. The van der Waals surface area contributed by atoms with Crippen molar-refractivity contribution in [1.82, 2.24) is 5.32 Å². The third-order valence-electron chi connectivity index (χ3n) is 6.60. The fraction of sp³-hybridized carbons (Fsp3) is 0.423. The number of hydrogen-bond acceptors (Lipinski definition) is 6. The number of nitrogens with one attached hydrogen (secondary N) is 2. The van der Waals surface area contributed by atoms with Gasteiger partial charge in [0.25, 0.3) is 5.91 Å².